The molecule has 2 fully saturated rings. The van der Waals surface area contributed by atoms with Crippen LogP contribution in [0.1, 0.15) is 109 Å². The van der Waals surface area contributed by atoms with Crippen LogP contribution in [-0.2, 0) is 35.2 Å². The van der Waals surface area contributed by atoms with E-state index < -0.39 is 64.2 Å². The molecule has 5 N–H and O–H groups in total. The van der Waals surface area contributed by atoms with Gasteiger partial charge in [0.2, 0.25) is 17.7 Å². The Hall–Kier alpha value is -6.06. The molecule has 6 rings (SSSR count). The molecule has 4 atom stereocenters. The van der Waals surface area contributed by atoms with E-state index in [0.717, 1.165) is 21.7 Å². The number of carbonyl (C=O) groups is 5. The molecule has 1 saturated carbocycles. The van der Waals surface area contributed by atoms with Gasteiger partial charge in [0.15, 0.2) is 0 Å². The second-order valence-corrected chi connectivity index (χ2v) is 22.8. The first-order valence-electron chi connectivity index (χ1n) is 24.7. The molecule has 2 heterocycles. The van der Waals surface area contributed by atoms with Gasteiger partial charge < -0.3 is 45.5 Å². The summed E-state index contributed by atoms with van der Waals surface area (Å²) in [6.45, 7) is 19.7. The molecule has 1 aliphatic heterocycles. The van der Waals surface area contributed by atoms with Gasteiger partial charge in [-0.15, -0.1) is 11.3 Å². The summed E-state index contributed by atoms with van der Waals surface area (Å²) in [5.74, 6) is -1.24. The molecule has 3 aromatic carbocycles. The number of nitriles is 1. The number of thiazole rings is 1. The SMILES string of the molecule is Cc1ncsc1-c1ccc(CNC(=O)[C@@H]2C[C@@H](OC(=O)[C@@H](N)C(C)C)CN2C(=O)[C@@H](NC(=O)COCCCCOc2ccc(C(=O)N[C@H]3C(C)(C)[C@H](Oc4ccc(C#N)c(Cl)c4)C3(C)C)cc2)C(C)(C)C)cc1. The van der Waals surface area contributed by atoms with Gasteiger partial charge in [-0.25, -0.2) is 4.98 Å². The summed E-state index contributed by atoms with van der Waals surface area (Å²) < 4.78 is 23.7. The molecule has 0 unspecified atom stereocenters. The Labute approximate surface area is 438 Å². The highest BCUT2D eigenvalue weighted by Crippen LogP contribution is 2.55. The zero-order valence-electron chi connectivity index (χ0n) is 43.5. The zero-order chi connectivity index (χ0) is 53.4. The number of esters is 1. The average molecular weight is 1040 g/mol. The summed E-state index contributed by atoms with van der Waals surface area (Å²) >= 11 is 7.80. The molecule has 2 aliphatic rings. The Morgan fingerprint density at radius 2 is 1.62 bits per heavy atom. The third kappa shape index (κ3) is 13.8. The maximum Gasteiger partial charge on any atom is 0.323 e. The molecule has 0 radical (unpaired) electrons. The molecule has 18 heteroatoms. The van der Waals surface area contributed by atoms with Crippen LogP contribution in [0.2, 0.25) is 5.02 Å². The van der Waals surface area contributed by atoms with E-state index in [4.69, 9.17) is 36.3 Å². The number of aryl methyl sites for hydroxylation is 1. The fraction of sp³-hybridized carbons (Fsp3) is 0.509. The van der Waals surface area contributed by atoms with Crippen LogP contribution >= 0.6 is 22.9 Å². The number of aromatic nitrogens is 1. The summed E-state index contributed by atoms with van der Waals surface area (Å²) in [4.78, 5) is 74.8. The third-order valence-electron chi connectivity index (χ3n) is 13.7. The van der Waals surface area contributed by atoms with Crippen molar-refractivity contribution >= 4 is 52.5 Å². The van der Waals surface area contributed by atoms with E-state index in [-0.39, 0.29) is 56.7 Å². The maximum atomic E-state index is 14.4. The number of carbonyl (C=O) groups excluding carboxylic acids is 5. The van der Waals surface area contributed by atoms with Crippen LogP contribution in [0, 0.1) is 40.4 Å². The minimum absolute atomic E-state index is 0.0502. The molecular weight excluding hydrogens is 970 g/mol. The minimum Gasteiger partial charge on any atom is -0.494 e. The highest BCUT2D eigenvalue weighted by Gasteiger charge is 2.64. The lowest BCUT2D eigenvalue weighted by Gasteiger charge is -2.63. The van der Waals surface area contributed by atoms with Crippen LogP contribution in [0.25, 0.3) is 10.4 Å². The summed E-state index contributed by atoms with van der Waals surface area (Å²) in [6, 6.07) is 18.7. The summed E-state index contributed by atoms with van der Waals surface area (Å²) in [6.07, 6.45) is 0.263. The van der Waals surface area contributed by atoms with Crippen LogP contribution in [-0.4, -0.2) is 102 Å². The largest absolute Gasteiger partial charge is 0.494 e. The first-order valence-corrected chi connectivity index (χ1v) is 26.0. The van der Waals surface area contributed by atoms with E-state index in [9.17, 15) is 29.2 Å². The minimum atomic E-state index is -1.04. The average Bonchev–Trinajstić information content (AvgIpc) is 3.98. The molecule has 0 bridgehead atoms. The monoisotopic (exact) mass is 1040 g/mol. The first-order chi connectivity index (χ1) is 34.4. The number of amides is 4. The van der Waals surface area contributed by atoms with E-state index in [1.165, 1.54) is 4.90 Å². The Balaban J connectivity index is 0.951. The molecule has 73 heavy (non-hydrogen) atoms. The van der Waals surface area contributed by atoms with Crippen molar-refractivity contribution in [1.82, 2.24) is 25.8 Å². The topological polar surface area (TPSA) is 224 Å². The lowest BCUT2D eigenvalue weighted by Crippen LogP contribution is -2.74. The lowest BCUT2D eigenvalue weighted by molar-refractivity contribution is -0.164. The van der Waals surface area contributed by atoms with Crippen molar-refractivity contribution in [2.75, 3.05) is 26.4 Å². The van der Waals surface area contributed by atoms with Gasteiger partial charge in [0, 0.05) is 48.1 Å². The number of nitrogens with zero attached hydrogens (tertiary/aromatic N) is 3. The molecule has 16 nitrogen and oxygen atoms in total. The molecule has 4 aromatic rings. The maximum absolute atomic E-state index is 14.4. The van der Waals surface area contributed by atoms with E-state index in [1.54, 1.807) is 59.3 Å². The van der Waals surface area contributed by atoms with E-state index in [2.05, 4.69) is 27.0 Å². The van der Waals surface area contributed by atoms with E-state index >= 15 is 0 Å². The van der Waals surface area contributed by atoms with Gasteiger partial charge in [-0.3, -0.25) is 24.0 Å². The number of nitrogens with two attached hydrogens (primary N) is 1. The summed E-state index contributed by atoms with van der Waals surface area (Å²) in [7, 11) is 0. The lowest BCUT2D eigenvalue weighted by atomic mass is 9.49. The number of unbranched alkanes of at least 4 members (excludes halogenated alkanes) is 1. The third-order valence-corrected chi connectivity index (χ3v) is 15.0. The van der Waals surface area contributed by atoms with Crippen LogP contribution in [0.15, 0.2) is 72.2 Å². The summed E-state index contributed by atoms with van der Waals surface area (Å²) in [5, 5.41) is 18.6. The molecule has 1 aliphatic carbocycles. The van der Waals surface area contributed by atoms with Gasteiger partial charge in [-0.2, -0.15) is 5.26 Å². The van der Waals surface area contributed by atoms with Crippen LogP contribution in [0.3, 0.4) is 0 Å². The van der Waals surface area contributed by atoms with Crippen LogP contribution in [0.4, 0.5) is 0 Å². The fourth-order valence-corrected chi connectivity index (χ4v) is 10.8. The number of hydrogen-bond acceptors (Lipinski definition) is 13. The van der Waals surface area contributed by atoms with Gasteiger partial charge in [-0.05, 0) is 78.6 Å². The number of hydrogen-bond donors (Lipinski definition) is 4. The van der Waals surface area contributed by atoms with E-state index in [1.807, 2.05) is 93.5 Å². The van der Waals surface area contributed by atoms with Gasteiger partial charge in [0.25, 0.3) is 5.91 Å². The number of nitrogens with one attached hydrogen (secondary N) is 3. The molecule has 1 saturated heterocycles. The van der Waals surface area contributed by atoms with Crippen LogP contribution < -0.4 is 31.2 Å². The number of ether oxygens (including phenoxy) is 4. The molecule has 1 aromatic heterocycles. The highest BCUT2D eigenvalue weighted by molar-refractivity contribution is 7.13. The number of likely N-dealkylation sites (tertiary alicyclic amines) is 1. The summed E-state index contributed by atoms with van der Waals surface area (Å²) in [5.41, 5.74) is 9.99. The Bertz CT molecular complexity index is 2630. The molecule has 4 amide bonds. The van der Waals surface area contributed by atoms with Crippen molar-refractivity contribution < 1.29 is 42.9 Å². The molecular formula is C55H70ClN7O9S. The predicted octanol–water partition coefficient (Wildman–Crippen LogP) is 7.77. The van der Waals surface area contributed by atoms with Gasteiger partial charge >= 0.3 is 5.97 Å². The normalized spacial score (nSPS) is 19.7. The number of halogens is 1. The smallest absolute Gasteiger partial charge is 0.323 e. The van der Waals surface area contributed by atoms with Crippen molar-refractivity contribution in [3.8, 4) is 28.0 Å². The second-order valence-electron chi connectivity index (χ2n) is 21.6. The van der Waals surface area contributed by atoms with Crippen molar-refractivity contribution in [3.05, 3.63) is 99.6 Å². The number of benzene rings is 3. The van der Waals surface area contributed by atoms with Gasteiger partial charge in [0.1, 0.15) is 54.5 Å². The van der Waals surface area contributed by atoms with Crippen LogP contribution in [0.5, 0.6) is 11.5 Å². The molecule has 392 valence electrons. The Morgan fingerprint density at radius 1 is 0.959 bits per heavy atom. The quantitative estimate of drug-likeness (QED) is 0.0464. The van der Waals surface area contributed by atoms with Gasteiger partial charge in [0.05, 0.1) is 39.8 Å². The standard InChI is InChI=1S/C55H70ClN7O9S/c1-32(2)44(58)50(68)71-40-26-42(48(66)59-28-34-13-15-35(16-14-34)45-33(3)60-31-73-45)63(29-40)49(67)46(53(4,5)6)61-43(64)30-69-23-11-12-24-70-38-20-17-36(18-21-38)47(65)62-51-54(7,8)52(55(51,9)10)72-39-22-19-37(27-57)41(56)25-39/h13-22,25,31-32,40,42,44,46,51-52H,11-12,23-24,26,28-30,58H2,1-10H3,(H,59,66)(H,61,64)(H,62,65)/t40-,42+,44+,46-,51-,52-/m1/s1. The molecule has 0 spiro atoms. The van der Waals surface area contributed by atoms with Gasteiger partial charge in [-0.1, -0.05) is 98.2 Å². The predicted molar refractivity (Wildman–Crippen MR) is 280 cm³/mol. The van der Waals surface area contributed by atoms with Crippen molar-refractivity contribution in [1.29, 1.82) is 5.26 Å². The Morgan fingerprint density at radius 3 is 2.22 bits per heavy atom. The van der Waals surface area contributed by atoms with Crippen molar-refractivity contribution in [3.63, 3.8) is 0 Å². The zero-order valence-corrected chi connectivity index (χ0v) is 45.1. The Kier molecular flexibility index (Phi) is 18.4. The van der Waals surface area contributed by atoms with E-state index in [0.29, 0.717) is 47.1 Å². The number of rotatable bonds is 21. The highest BCUT2D eigenvalue weighted by atomic mass is 35.5. The second kappa shape index (κ2) is 23.9. The fourth-order valence-electron chi connectivity index (χ4n) is 9.74. The first kappa shape index (κ1) is 56.2. The van der Waals surface area contributed by atoms with Crippen molar-refractivity contribution in [2.24, 2.45) is 27.9 Å². The van der Waals surface area contributed by atoms with Crippen molar-refractivity contribution in [2.45, 2.75) is 131 Å².